The molecule has 0 spiro atoms. The van der Waals surface area contributed by atoms with Crippen LogP contribution < -0.4 is 0 Å². The fourth-order valence-corrected chi connectivity index (χ4v) is 1.70. The Morgan fingerprint density at radius 2 is 2.00 bits per heavy atom. The van der Waals surface area contributed by atoms with Gasteiger partial charge in [-0.15, -0.1) is 0 Å². The summed E-state index contributed by atoms with van der Waals surface area (Å²) in [5.74, 6) is 0.564. The fraction of sp³-hybridized carbons (Fsp3) is 0.750. The van der Waals surface area contributed by atoms with E-state index in [-0.39, 0.29) is 11.7 Å². The van der Waals surface area contributed by atoms with Crippen molar-refractivity contribution in [2.24, 2.45) is 5.92 Å². The molecule has 3 heteroatoms. The normalized spacial score (nSPS) is 11.7. The van der Waals surface area contributed by atoms with Crippen LogP contribution >= 0.6 is 0 Å². The monoisotopic (exact) mass is 211 g/mol. The van der Waals surface area contributed by atoms with E-state index in [1.165, 1.54) is 0 Å². The number of hydrogen-bond acceptors (Lipinski definition) is 1. The molecule has 0 bridgehead atoms. The molecule has 0 atom stereocenters. The van der Waals surface area contributed by atoms with Gasteiger partial charge in [-0.2, -0.15) is 5.10 Å². The number of halogens is 1. The van der Waals surface area contributed by atoms with E-state index in [4.69, 9.17) is 0 Å². The van der Waals surface area contributed by atoms with E-state index >= 15 is 0 Å². The molecule has 0 aliphatic rings. The van der Waals surface area contributed by atoms with Crippen LogP contribution in [0.5, 0.6) is 0 Å². The Bertz CT molecular complexity index is 303. The minimum Gasteiger partial charge on any atom is -0.266 e. The first-order chi connectivity index (χ1) is 7.02. The fourth-order valence-electron chi connectivity index (χ4n) is 1.70. The largest absolute Gasteiger partial charge is 0.266 e. The van der Waals surface area contributed by atoms with Crippen LogP contribution in [-0.4, -0.2) is 9.78 Å². The highest BCUT2D eigenvalue weighted by Crippen LogP contribution is 2.18. The van der Waals surface area contributed by atoms with Gasteiger partial charge in [-0.25, -0.2) is 4.39 Å². The van der Waals surface area contributed by atoms with E-state index in [1.807, 2.05) is 13.8 Å². The van der Waals surface area contributed by atoms with Crippen LogP contribution in [-0.2, 0) is 6.54 Å². The van der Waals surface area contributed by atoms with Crippen molar-refractivity contribution < 1.29 is 4.39 Å². The Morgan fingerprint density at radius 3 is 2.53 bits per heavy atom. The second-order valence-electron chi connectivity index (χ2n) is 4.72. The van der Waals surface area contributed by atoms with Gasteiger partial charge in [-0.3, -0.25) is 4.68 Å². The van der Waals surface area contributed by atoms with E-state index in [0.29, 0.717) is 11.6 Å². The molecular weight excluding hydrogens is 191 g/mol. The molecule has 0 aliphatic heterocycles. The summed E-state index contributed by atoms with van der Waals surface area (Å²) in [6, 6.07) is 0. The van der Waals surface area contributed by atoms with E-state index in [1.54, 1.807) is 4.68 Å². The third-order valence-corrected chi connectivity index (χ3v) is 2.47. The van der Waals surface area contributed by atoms with Gasteiger partial charge in [0.15, 0.2) is 12.0 Å². The third-order valence-electron chi connectivity index (χ3n) is 2.47. The summed E-state index contributed by atoms with van der Waals surface area (Å²) in [4.78, 5) is 0. The number of rotatable bonds is 5. The van der Waals surface area contributed by atoms with Crippen molar-refractivity contribution in [3.63, 3.8) is 0 Å². The summed E-state index contributed by atoms with van der Waals surface area (Å²) in [5, 5.41) is 3.95. The van der Waals surface area contributed by atoms with E-state index in [2.05, 4.69) is 25.1 Å². The van der Waals surface area contributed by atoms with Crippen LogP contribution in [0.3, 0.4) is 0 Å². The second-order valence-corrected chi connectivity index (χ2v) is 4.72. The van der Waals surface area contributed by atoms with Crippen LogP contribution in [0.25, 0.3) is 0 Å². The van der Waals surface area contributed by atoms with Crippen LogP contribution in [0.2, 0.25) is 0 Å². The molecule has 2 nitrogen and oxygen atoms in total. The third kappa shape index (κ3) is 3.33. The van der Waals surface area contributed by atoms with Crippen LogP contribution in [0, 0.1) is 17.9 Å². The molecule has 1 aromatic heterocycles. The van der Waals surface area contributed by atoms with Crippen LogP contribution in [0.15, 0.2) is 0 Å². The molecule has 85 valence electrons. The summed E-state index contributed by atoms with van der Waals surface area (Å²) >= 11 is 0. The smallest absolute Gasteiger partial charge is 0.174 e. The molecule has 15 heavy (non-hydrogen) atoms. The first-order valence-electron chi connectivity index (χ1n) is 5.66. The van der Waals surface area contributed by atoms with Crippen LogP contribution in [0.4, 0.5) is 4.39 Å². The van der Waals surface area contributed by atoms with Crippen molar-refractivity contribution >= 4 is 0 Å². The summed E-state index contributed by atoms with van der Waals surface area (Å²) in [7, 11) is 0. The van der Waals surface area contributed by atoms with Crippen molar-refractivity contribution in [1.82, 2.24) is 9.78 Å². The Morgan fingerprint density at radius 1 is 1.33 bits per heavy atom. The number of aromatic nitrogens is 2. The summed E-state index contributed by atoms with van der Waals surface area (Å²) < 4.78 is 15.1. The summed E-state index contributed by atoms with van der Waals surface area (Å²) in [6.45, 7) is 9.14. The van der Waals surface area contributed by atoms with Crippen molar-refractivity contribution in [2.75, 3.05) is 0 Å². The average molecular weight is 211 g/mol. The lowest BCUT2D eigenvalue weighted by molar-refractivity contribution is 0.468. The lowest BCUT2D eigenvalue weighted by Gasteiger charge is -2.10. The van der Waals surface area contributed by atoms with Crippen LogP contribution in [0.1, 0.15) is 52.1 Å². The molecule has 0 saturated carbocycles. The molecule has 1 aromatic rings. The summed E-state index contributed by atoms with van der Waals surface area (Å²) in [6.07, 6.45) is 4.60. The van der Waals surface area contributed by atoms with Gasteiger partial charge in [0.1, 0.15) is 0 Å². The number of nitrogens with zero attached hydrogens (tertiary/aromatic N) is 2. The predicted octanol–water partition coefficient (Wildman–Crippen LogP) is 3.38. The van der Waals surface area contributed by atoms with E-state index in [0.717, 1.165) is 19.4 Å². The van der Waals surface area contributed by atoms with E-state index < -0.39 is 0 Å². The molecule has 1 rings (SSSR count). The average Bonchev–Trinajstić information content (AvgIpc) is 2.46. The molecule has 0 amide bonds. The molecule has 1 radical (unpaired) electrons. The zero-order chi connectivity index (χ0) is 11.4. The number of hydrogen-bond donors (Lipinski definition) is 0. The van der Waals surface area contributed by atoms with Crippen molar-refractivity contribution in [2.45, 2.75) is 53.0 Å². The lowest BCUT2D eigenvalue weighted by atomic mass is 10.1. The SMILES string of the molecule is CC(C)CCCn1n[c]c(F)c1C(C)C. The van der Waals surface area contributed by atoms with Gasteiger partial charge in [-0.05, 0) is 24.7 Å². The van der Waals surface area contributed by atoms with Gasteiger partial charge < -0.3 is 0 Å². The Labute approximate surface area is 91.5 Å². The standard InChI is InChI=1S/C12H20FN2/c1-9(2)6-5-7-15-12(10(3)4)11(13)8-14-15/h9-10H,5-7H2,1-4H3. The van der Waals surface area contributed by atoms with Gasteiger partial charge in [0.05, 0.1) is 5.69 Å². The zero-order valence-corrected chi connectivity index (χ0v) is 10.0. The minimum absolute atomic E-state index is 0.169. The highest BCUT2D eigenvalue weighted by molar-refractivity contribution is 5.07. The van der Waals surface area contributed by atoms with Crippen molar-refractivity contribution in [3.05, 3.63) is 17.7 Å². The second kappa shape index (κ2) is 5.29. The van der Waals surface area contributed by atoms with Crippen molar-refractivity contribution in [3.8, 4) is 0 Å². The maximum atomic E-state index is 13.3. The highest BCUT2D eigenvalue weighted by Gasteiger charge is 2.14. The molecule has 0 fully saturated rings. The Balaban J connectivity index is 2.61. The Hall–Kier alpha value is -0.860. The van der Waals surface area contributed by atoms with Gasteiger partial charge in [0.2, 0.25) is 0 Å². The van der Waals surface area contributed by atoms with Gasteiger partial charge in [0, 0.05) is 6.54 Å². The molecule has 1 heterocycles. The molecule has 0 aliphatic carbocycles. The molecular formula is C12H20FN2. The lowest BCUT2D eigenvalue weighted by Crippen LogP contribution is -2.08. The topological polar surface area (TPSA) is 17.8 Å². The quantitative estimate of drug-likeness (QED) is 0.730. The predicted molar refractivity (Wildman–Crippen MR) is 59.2 cm³/mol. The van der Waals surface area contributed by atoms with Gasteiger partial charge in [-0.1, -0.05) is 27.7 Å². The summed E-state index contributed by atoms with van der Waals surface area (Å²) in [5.41, 5.74) is 0.679. The first-order valence-corrected chi connectivity index (χ1v) is 5.66. The van der Waals surface area contributed by atoms with E-state index in [9.17, 15) is 4.39 Å². The zero-order valence-electron chi connectivity index (χ0n) is 10.0. The molecule has 0 saturated heterocycles. The first kappa shape index (κ1) is 12.2. The van der Waals surface area contributed by atoms with Gasteiger partial charge >= 0.3 is 0 Å². The maximum absolute atomic E-state index is 13.3. The molecule has 0 unspecified atom stereocenters. The molecule has 0 aromatic carbocycles. The highest BCUT2D eigenvalue weighted by atomic mass is 19.1. The maximum Gasteiger partial charge on any atom is 0.174 e. The minimum atomic E-state index is -0.297. The van der Waals surface area contributed by atoms with Gasteiger partial charge in [0.25, 0.3) is 0 Å². The van der Waals surface area contributed by atoms with Crippen molar-refractivity contribution in [1.29, 1.82) is 0 Å². The number of aryl methyl sites for hydroxylation is 1. The molecule has 0 N–H and O–H groups in total. The Kier molecular flexibility index (Phi) is 4.30.